The topological polar surface area (TPSA) is 36.9 Å². The fourth-order valence-corrected chi connectivity index (χ4v) is 1.99. The van der Waals surface area contributed by atoms with Crippen LogP contribution in [-0.2, 0) is 18.3 Å². The number of hydrogen-bond donors (Lipinski definition) is 0. The third-order valence-corrected chi connectivity index (χ3v) is 3.00. The zero-order valence-electron chi connectivity index (χ0n) is 10.9. The van der Waals surface area contributed by atoms with E-state index in [4.69, 9.17) is 18.3 Å². The summed E-state index contributed by atoms with van der Waals surface area (Å²) in [6.07, 6.45) is 2.90. The summed E-state index contributed by atoms with van der Waals surface area (Å²) in [7, 11) is -0.892. The largest absolute Gasteiger partial charge is 0.399 e. The lowest BCUT2D eigenvalue weighted by atomic mass is 10.4. The normalized spacial score (nSPS) is 13.7. The van der Waals surface area contributed by atoms with E-state index in [1.54, 1.807) is 0 Å². The number of ether oxygens (including phenoxy) is 2. The van der Waals surface area contributed by atoms with Gasteiger partial charge in [0.1, 0.15) is 0 Å². The molecule has 0 aliphatic heterocycles. The average molecular weight is 250 g/mol. The summed E-state index contributed by atoms with van der Waals surface area (Å²) >= 11 is 0. The van der Waals surface area contributed by atoms with Crippen LogP contribution in [0, 0.1) is 0 Å². The van der Waals surface area contributed by atoms with Crippen molar-refractivity contribution in [2.24, 2.45) is 0 Å². The van der Waals surface area contributed by atoms with Crippen molar-refractivity contribution in [3.63, 3.8) is 0 Å². The van der Waals surface area contributed by atoms with Crippen molar-refractivity contribution in [3.05, 3.63) is 0 Å². The lowest BCUT2D eigenvalue weighted by molar-refractivity contribution is -0.0978. The van der Waals surface area contributed by atoms with Gasteiger partial charge in [-0.3, -0.25) is 0 Å². The first-order valence-corrected chi connectivity index (χ1v) is 7.39. The van der Waals surface area contributed by atoms with Crippen LogP contribution in [0.2, 0.25) is 0 Å². The fraction of sp³-hybridized carbons (Fsp3) is 1.00. The maximum atomic E-state index is 5.59. The van der Waals surface area contributed by atoms with Gasteiger partial charge in [0.25, 0.3) is 0 Å². The zero-order chi connectivity index (χ0) is 12.1. The van der Waals surface area contributed by atoms with Gasteiger partial charge in [0.05, 0.1) is 6.61 Å². The Bertz CT molecular complexity index is 135. The van der Waals surface area contributed by atoms with E-state index in [2.05, 4.69) is 6.92 Å². The monoisotopic (exact) mass is 250 g/mol. The predicted molar refractivity (Wildman–Crippen MR) is 67.0 cm³/mol. The van der Waals surface area contributed by atoms with Crippen LogP contribution in [0.5, 0.6) is 0 Å². The zero-order valence-corrected chi connectivity index (χ0v) is 12.3. The van der Waals surface area contributed by atoms with Gasteiger partial charge in [-0.2, -0.15) is 0 Å². The Hall–Kier alpha value is 0.0569. The second-order valence-corrected chi connectivity index (χ2v) is 4.39. The van der Waals surface area contributed by atoms with Gasteiger partial charge in [-0.15, -0.1) is 0 Å². The lowest BCUT2D eigenvalue weighted by Gasteiger charge is -2.17. The molecule has 0 radical (unpaired) electrons. The van der Waals surface area contributed by atoms with Gasteiger partial charge in [-0.05, 0) is 20.3 Å². The van der Waals surface area contributed by atoms with Crippen LogP contribution < -0.4 is 0 Å². The van der Waals surface area contributed by atoms with Crippen molar-refractivity contribution < 1.29 is 18.3 Å². The second-order valence-electron chi connectivity index (χ2n) is 3.42. The highest BCUT2D eigenvalue weighted by Gasteiger charge is 2.08. The molecule has 0 amide bonds. The van der Waals surface area contributed by atoms with Gasteiger partial charge in [-0.25, -0.2) is 0 Å². The highest BCUT2D eigenvalue weighted by Crippen LogP contribution is 2.01. The molecule has 98 valence electrons. The van der Waals surface area contributed by atoms with Crippen LogP contribution in [0.25, 0.3) is 0 Å². The van der Waals surface area contributed by atoms with Gasteiger partial charge in [-0.1, -0.05) is 13.3 Å². The Morgan fingerprint density at radius 2 is 1.88 bits per heavy atom. The first-order chi connectivity index (χ1) is 7.85. The van der Waals surface area contributed by atoms with Crippen molar-refractivity contribution in [1.29, 1.82) is 0 Å². The average Bonchev–Trinajstić information content (AvgIpc) is 2.29. The van der Waals surface area contributed by atoms with Crippen molar-refractivity contribution in [3.8, 4) is 0 Å². The third-order valence-electron chi connectivity index (χ3n) is 2.03. The van der Waals surface area contributed by atoms with Crippen LogP contribution in [0.4, 0.5) is 0 Å². The fourth-order valence-electron chi connectivity index (χ4n) is 1.15. The van der Waals surface area contributed by atoms with Crippen molar-refractivity contribution in [1.82, 2.24) is 0 Å². The Labute approximate surface area is 102 Å². The molecule has 0 aromatic rings. The maximum absolute atomic E-state index is 5.59. The van der Waals surface area contributed by atoms with E-state index in [1.807, 2.05) is 13.8 Å². The Balaban J connectivity index is 3.43. The Morgan fingerprint density at radius 3 is 2.50 bits per heavy atom. The molecule has 0 aliphatic rings. The minimum atomic E-state index is -0.892. The highest BCUT2D eigenvalue weighted by atomic mass is 28.3. The smallest absolute Gasteiger partial charge is 0.306 e. The summed E-state index contributed by atoms with van der Waals surface area (Å²) in [4.78, 5) is 0. The van der Waals surface area contributed by atoms with E-state index >= 15 is 0 Å². The van der Waals surface area contributed by atoms with Gasteiger partial charge in [0.15, 0.2) is 6.29 Å². The van der Waals surface area contributed by atoms with E-state index in [0.717, 1.165) is 32.5 Å². The van der Waals surface area contributed by atoms with Gasteiger partial charge in [0.2, 0.25) is 0 Å². The molecular weight excluding hydrogens is 224 g/mol. The molecule has 0 saturated heterocycles. The van der Waals surface area contributed by atoms with E-state index < -0.39 is 10.0 Å². The minimum absolute atomic E-state index is 0.148. The first-order valence-electron chi connectivity index (χ1n) is 6.23. The summed E-state index contributed by atoms with van der Waals surface area (Å²) in [6.45, 7) is 9.01. The van der Waals surface area contributed by atoms with E-state index in [-0.39, 0.29) is 6.29 Å². The molecule has 16 heavy (non-hydrogen) atoms. The summed E-state index contributed by atoms with van der Waals surface area (Å²) < 4.78 is 21.8. The van der Waals surface area contributed by atoms with Gasteiger partial charge >= 0.3 is 10.0 Å². The molecular formula is C11H26O4Si. The molecule has 0 saturated carbocycles. The lowest BCUT2D eigenvalue weighted by Crippen LogP contribution is -2.23. The molecule has 1 atom stereocenters. The summed E-state index contributed by atoms with van der Waals surface area (Å²) in [5.41, 5.74) is 0. The second kappa shape index (κ2) is 13.1. The van der Waals surface area contributed by atoms with E-state index in [0.29, 0.717) is 13.2 Å². The van der Waals surface area contributed by atoms with Crippen molar-refractivity contribution >= 4 is 10.0 Å². The number of rotatable bonds is 12. The molecule has 1 unspecified atom stereocenters. The quantitative estimate of drug-likeness (QED) is 0.299. The van der Waals surface area contributed by atoms with Crippen molar-refractivity contribution in [2.75, 3.05) is 26.4 Å². The van der Waals surface area contributed by atoms with Crippen LogP contribution in [0.15, 0.2) is 0 Å². The highest BCUT2D eigenvalue weighted by molar-refractivity contribution is 6.17. The van der Waals surface area contributed by atoms with Crippen LogP contribution >= 0.6 is 0 Å². The molecule has 0 aliphatic carbocycles. The van der Waals surface area contributed by atoms with Crippen LogP contribution in [-0.4, -0.2) is 42.7 Å². The summed E-state index contributed by atoms with van der Waals surface area (Å²) in [5, 5.41) is 0. The van der Waals surface area contributed by atoms with E-state index in [1.165, 1.54) is 0 Å². The molecule has 0 aromatic carbocycles. The molecule has 4 nitrogen and oxygen atoms in total. The Kier molecular flexibility index (Phi) is 13.2. The van der Waals surface area contributed by atoms with E-state index in [9.17, 15) is 0 Å². The predicted octanol–water partition coefficient (Wildman–Crippen LogP) is 1.61. The molecule has 0 fully saturated rings. The third kappa shape index (κ3) is 10.6. The van der Waals surface area contributed by atoms with Gasteiger partial charge in [0, 0.05) is 26.2 Å². The molecule has 0 N–H and O–H groups in total. The standard InChI is InChI=1S/C11H26O4Si/c1-4-7-9-14-16-15-11(13-6-3)8-10-12-5-2/h11H,4-10,16H2,1-3H3. The van der Waals surface area contributed by atoms with Crippen molar-refractivity contribution in [2.45, 2.75) is 46.3 Å². The molecule has 0 rings (SSSR count). The molecule has 0 bridgehead atoms. The molecule has 0 spiro atoms. The first kappa shape index (κ1) is 16.1. The molecule has 5 heteroatoms. The summed E-state index contributed by atoms with van der Waals surface area (Å²) in [5.74, 6) is 0. The van der Waals surface area contributed by atoms with Crippen LogP contribution in [0.1, 0.15) is 40.0 Å². The van der Waals surface area contributed by atoms with Crippen LogP contribution in [0.3, 0.4) is 0 Å². The SMILES string of the molecule is CCCCO[SiH2]OC(CCOCC)OCC. The summed E-state index contributed by atoms with van der Waals surface area (Å²) in [6, 6.07) is 0. The number of unbranched alkanes of at least 4 members (excludes halogenated alkanes) is 1. The molecule has 0 heterocycles. The Morgan fingerprint density at radius 1 is 1.06 bits per heavy atom. The minimum Gasteiger partial charge on any atom is -0.399 e. The molecule has 0 aromatic heterocycles. The van der Waals surface area contributed by atoms with Gasteiger partial charge < -0.3 is 18.3 Å². The maximum Gasteiger partial charge on any atom is 0.306 e. The number of hydrogen-bond acceptors (Lipinski definition) is 4.